The Morgan fingerprint density at radius 1 is 1.47 bits per heavy atom. The molecule has 0 spiro atoms. The van der Waals surface area contributed by atoms with Gasteiger partial charge in [0.25, 0.3) is 0 Å². The summed E-state index contributed by atoms with van der Waals surface area (Å²) < 4.78 is 31.2. The normalized spacial score (nSPS) is 18.4. The van der Waals surface area contributed by atoms with Crippen LogP contribution < -0.4 is 10.0 Å². The lowest BCUT2D eigenvalue weighted by molar-refractivity contribution is 0.377. The molecule has 0 aliphatic carbocycles. The number of hydrogen-bond acceptors (Lipinski definition) is 6. The van der Waals surface area contributed by atoms with Crippen LogP contribution in [0.25, 0.3) is 0 Å². The van der Waals surface area contributed by atoms with Crippen LogP contribution in [0.1, 0.15) is 18.7 Å². The molecule has 1 saturated heterocycles. The molecule has 0 aromatic carbocycles. The second-order valence-corrected chi connectivity index (χ2v) is 6.02. The SMILES string of the molecule is O=S(=O)(NCCc1ncno1)C1CCNCC1. The summed E-state index contributed by atoms with van der Waals surface area (Å²) >= 11 is 0. The van der Waals surface area contributed by atoms with Crippen molar-refractivity contribution in [3.05, 3.63) is 12.2 Å². The monoisotopic (exact) mass is 260 g/mol. The summed E-state index contributed by atoms with van der Waals surface area (Å²) in [5.74, 6) is 0.443. The molecule has 1 fully saturated rings. The van der Waals surface area contributed by atoms with Gasteiger partial charge in [-0.15, -0.1) is 0 Å². The summed E-state index contributed by atoms with van der Waals surface area (Å²) in [6.45, 7) is 1.82. The van der Waals surface area contributed by atoms with Gasteiger partial charge in [-0.05, 0) is 25.9 Å². The van der Waals surface area contributed by atoms with E-state index in [0.29, 0.717) is 31.7 Å². The highest BCUT2D eigenvalue weighted by Crippen LogP contribution is 2.11. The quantitative estimate of drug-likeness (QED) is 0.725. The molecule has 8 heteroatoms. The third-order valence-electron chi connectivity index (χ3n) is 2.77. The number of sulfonamides is 1. The first kappa shape index (κ1) is 12.5. The van der Waals surface area contributed by atoms with Crippen molar-refractivity contribution in [3.63, 3.8) is 0 Å². The number of nitrogens with one attached hydrogen (secondary N) is 2. The van der Waals surface area contributed by atoms with Crippen LogP contribution in [0.5, 0.6) is 0 Å². The molecule has 1 aliphatic heterocycles. The predicted octanol–water partition coefficient (Wildman–Crippen LogP) is -0.716. The standard InChI is InChI=1S/C9H16N4O3S/c14-17(15,8-1-4-10-5-2-8)13-6-3-9-11-7-12-16-9/h7-8,10,13H,1-6H2. The van der Waals surface area contributed by atoms with Gasteiger partial charge in [0.05, 0.1) is 5.25 Å². The second-order valence-electron chi connectivity index (χ2n) is 3.97. The first-order chi connectivity index (χ1) is 8.18. The molecular weight excluding hydrogens is 244 g/mol. The minimum atomic E-state index is -3.22. The minimum Gasteiger partial charge on any atom is -0.340 e. The van der Waals surface area contributed by atoms with E-state index >= 15 is 0 Å². The number of piperidine rings is 1. The molecule has 1 aromatic heterocycles. The predicted molar refractivity (Wildman–Crippen MR) is 60.8 cm³/mol. The van der Waals surface area contributed by atoms with E-state index in [4.69, 9.17) is 4.52 Å². The van der Waals surface area contributed by atoms with Crippen molar-refractivity contribution in [2.24, 2.45) is 0 Å². The lowest BCUT2D eigenvalue weighted by atomic mass is 10.2. The molecule has 2 heterocycles. The summed E-state index contributed by atoms with van der Waals surface area (Å²) in [4.78, 5) is 3.83. The Morgan fingerprint density at radius 3 is 2.88 bits per heavy atom. The van der Waals surface area contributed by atoms with E-state index in [-0.39, 0.29) is 5.25 Å². The second kappa shape index (κ2) is 5.56. The van der Waals surface area contributed by atoms with E-state index in [1.54, 1.807) is 0 Å². The Morgan fingerprint density at radius 2 is 2.24 bits per heavy atom. The summed E-state index contributed by atoms with van der Waals surface area (Å²) in [5.41, 5.74) is 0. The molecule has 1 aliphatic rings. The van der Waals surface area contributed by atoms with Crippen LogP contribution >= 0.6 is 0 Å². The molecule has 0 atom stereocenters. The summed E-state index contributed by atoms with van der Waals surface area (Å²) in [6, 6.07) is 0. The van der Waals surface area contributed by atoms with Crippen LogP contribution in [-0.4, -0.2) is 43.4 Å². The van der Waals surface area contributed by atoms with Gasteiger partial charge in [-0.3, -0.25) is 0 Å². The van der Waals surface area contributed by atoms with Gasteiger partial charge in [0.15, 0.2) is 6.33 Å². The van der Waals surface area contributed by atoms with Gasteiger partial charge in [0, 0.05) is 13.0 Å². The van der Waals surface area contributed by atoms with Crippen LogP contribution in [0.2, 0.25) is 0 Å². The van der Waals surface area contributed by atoms with Crippen molar-refractivity contribution in [3.8, 4) is 0 Å². The van der Waals surface area contributed by atoms with Crippen molar-refractivity contribution < 1.29 is 12.9 Å². The van der Waals surface area contributed by atoms with Crippen molar-refractivity contribution in [2.45, 2.75) is 24.5 Å². The maximum Gasteiger partial charge on any atom is 0.227 e. The third-order valence-corrected chi connectivity index (χ3v) is 4.73. The van der Waals surface area contributed by atoms with Gasteiger partial charge in [0.1, 0.15) is 0 Å². The van der Waals surface area contributed by atoms with Crippen molar-refractivity contribution in [2.75, 3.05) is 19.6 Å². The van der Waals surface area contributed by atoms with Crippen molar-refractivity contribution in [1.82, 2.24) is 20.2 Å². The van der Waals surface area contributed by atoms with Gasteiger partial charge in [-0.2, -0.15) is 4.98 Å². The first-order valence-electron chi connectivity index (χ1n) is 5.63. The maximum absolute atomic E-state index is 11.9. The Kier molecular flexibility index (Phi) is 4.08. The fraction of sp³-hybridized carbons (Fsp3) is 0.778. The molecule has 17 heavy (non-hydrogen) atoms. The summed E-state index contributed by atoms with van der Waals surface area (Å²) in [7, 11) is -3.22. The van der Waals surface area contributed by atoms with Crippen LogP contribution in [0, 0.1) is 0 Å². The molecule has 2 N–H and O–H groups in total. The zero-order valence-electron chi connectivity index (χ0n) is 9.42. The summed E-state index contributed by atoms with van der Waals surface area (Å²) in [5, 5.41) is 6.31. The Balaban J connectivity index is 1.80. The lowest BCUT2D eigenvalue weighted by Gasteiger charge is -2.22. The lowest BCUT2D eigenvalue weighted by Crippen LogP contribution is -2.42. The van der Waals surface area contributed by atoms with Crippen LogP contribution in [-0.2, 0) is 16.4 Å². The minimum absolute atomic E-state index is 0.286. The van der Waals surface area contributed by atoms with E-state index in [2.05, 4.69) is 20.2 Å². The van der Waals surface area contributed by atoms with E-state index in [9.17, 15) is 8.42 Å². The molecule has 2 rings (SSSR count). The molecule has 0 amide bonds. The molecule has 1 aromatic rings. The zero-order valence-corrected chi connectivity index (χ0v) is 10.2. The Bertz CT molecular complexity index is 425. The Labute approximate surface area is 100 Å². The first-order valence-corrected chi connectivity index (χ1v) is 7.18. The van der Waals surface area contributed by atoms with Crippen LogP contribution in [0.4, 0.5) is 0 Å². The van der Waals surface area contributed by atoms with Gasteiger partial charge in [-0.1, -0.05) is 5.16 Å². The highest BCUT2D eigenvalue weighted by Gasteiger charge is 2.26. The fourth-order valence-corrected chi connectivity index (χ4v) is 3.31. The number of hydrogen-bond donors (Lipinski definition) is 2. The molecule has 96 valence electrons. The van der Waals surface area contributed by atoms with E-state index in [1.165, 1.54) is 6.33 Å². The van der Waals surface area contributed by atoms with Crippen molar-refractivity contribution >= 4 is 10.0 Å². The van der Waals surface area contributed by atoms with Gasteiger partial charge in [-0.25, -0.2) is 13.1 Å². The van der Waals surface area contributed by atoms with Gasteiger partial charge < -0.3 is 9.84 Å². The highest BCUT2D eigenvalue weighted by atomic mass is 32.2. The van der Waals surface area contributed by atoms with E-state index in [1.807, 2.05) is 0 Å². The van der Waals surface area contributed by atoms with E-state index in [0.717, 1.165) is 13.1 Å². The maximum atomic E-state index is 11.9. The highest BCUT2D eigenvalue weighted by molar-refractivity contribution is 7.90. The van der Waals surface area contributed by atoms with E-state index < -0.39 is 10.0 Å². The van der Waals surface area contributed by atoms with Crippen LogP contribution in [0.15, 0.2) is 10.9 Å². The number of aromatic nitrogens is 2. The fourth-order valence-electron chi connectivity index (χ4n) is 1.83. The van der Waals surface area contributed by atoms with Gasteiger partial charge in [0.2, 0.25) is 15.9 Å². The van der Waals surface area contributed by atoms with Crippen molar-refractivity contribution in [1.29, 1.82) is 0 Å². The largest absolute Gasteiger partial charge is 0.340 e. The molecule has 0 radical (unpaired) electrons. The van der Waals surface area contributed by atoms with Crippen LogP contribution in [0.3, 0.4) is 0 Å². The summed E-state index contributed by atoms with van der Waals surface area (Å²) in [6.07, 6.45) is 3.05. The zero-order chi connectivity index (χ0) is 12.1. The third kappa shape index (κ3) is 3.48. The molecule has 0 saturated carbocycles. The number of nitrogens with zero attached hydrogens (tertiary/aromatic N) is 2. The number of rotatable bonds is 5. The topological polar surface area (TPSA) is 97.1 Å². The molecule has 7 nitrogen and oxygen atoms in total. The Hall–Kier alpha value is -0.990. The van der Waals surface area contributed by atoms with Gasteiger partial charge >= 0.3 is 0 Å². The molecule has 0 unspecified atom stereocenters. The molecule has 0 bridgehead atoms. The smallest absolute Gasteiger partial charge is 0.227 e. The average Bonchev–Trinajstić information content (AvgIpc) is 2.83. The molecular formula is C9H16N4O3S. The average molecular weight is 260 g/mol.